The van der Waals surface area contributed by atoms with E-state index in [1.54, 1.807) is 0 Å². The molecule has 3 aliphatic carbocycles. The summed E-state index contributed by atoms with van der Waals surface area (Å²) in [5.74, 6) is -15.5. The molecule has 0 N–H and O–H groups in total. The molecule has 0 aliphatic heterocycles. The first kappa shape index (κ1) is 24.7. The average molecular weight is 530 g/mol. The predicted molar refractivity (Wildman–Crippen MR) is 134 cm³/mol. The molecule has 0 heterocycles. The van der Waals surface area contributed by atoms with Crippen molar-refractivity contribution in [2.45, 2.75) is 0 Å². The van der Waals surface area contributed by atoms with Crippen LogP contribution in [0.1, 0.15) is 62.1 Å². The second-order valence-corrected chi connectivity index (χ2v) is 9.44. The van der Waals surface area contributed by atoms with E-state index in [4.69, 9.17) is 0 Å². The third kappa shape index (κ3) is 3.24. The highest BCUT2D eigenvalue weighted by Crippen LogP contribution is 2.40. The molecule has 6 rings (SSSR count). The predicted octanol–water partition coefficient (Wildman–Crippen LogP) is 2.46. The lowest BCUT2D eigenvalue weighted by molar-refractivity contribution is -0.118. The number of carbonyl (C=O) groups excluding carboxylic acids is 9. The smallest absolute Gasteiger partial charge is 0.237 e. The normalized spacial score (nSPS) is 20.4. The van der Waals surface area contributed by atoms with Crippen molar-refractivity contribution in [2.75, 3.05) is 0 Å². The molecule has 0 aromatic heterocycles. The summed E-state index contributed by atoms with van der Waals surface area (Å²) >= 11 is 0. The zero-order valence-corrected chi connectivity index (χ0v) is 20.3. The van der Waals surface area contributed by atoms with E-state index in [0.717, 1.165) is 0 Å². The first-order valence-electron chi connectivity index (χ1n) is 12.1. The minimum atomic E-state index is -2.26. The van der Waals surface area contributed by atoms with Crippen LogP contribution >= 0.6 is 0 Å². The summed E-state index contributed by atoms with van der Waals surface area (Å²) < 4.78 is 0. The van der Waals surface area contributed by atoms with Crippen molar-refractivity contribution in [2.24, 2.45) is 11.8 Å². The highest BCUT2D eigenvalue weighted by molar-refractivity contribution is 6.61. The van der Waals surface area contributed by atoms with Crippen molar-refractivity contribution in [3.05, 3.63) is 117 Å². The number of ketones is 9. The molecule has 9 heteroatoms. The summed E-state index contributed by atoms with van der Waals surface area (Å²) in [6, 6.07) is 15.9. The fourth-order valence-corrected chi connectivity index (χ4v) is 5.50. The maximum atomic E-state index is 13.8. The summed E-state index contributed by atoms with van der Waals surface area (Å²) in [7, 11) is 0. The van der Waals surface area contributed by atoms with Crippen LogP contribution in [0.2, 0.25) is 0 Å². The van der Waals surface area contributed by atoms with Crippen LogP contribution in [0.25, 0.3) is 0 Å². The van der Waals surface area contributed by atoms with E-state index >= 15 is 0 Å². The summed E-state index contributed by atoms with van der Waals surface area (Å²) in [5.41, 5.74) is -3.40. The van der Waals surface area contributed by atoms with Crippen LogP contribution in [0.5, 0.6) is 0 Å². The topological polar surface area (TPSA) is 154 Å². The van der Waals surface area contributed by atoms with E-state index in [9.17, 15) is 43.2 Å². The van der Waals surface area contributed by atoms with Crippen LogP contribution < -0.4 is 0 Å². The highest BCUT2D eigenvalue weighted by Gasteiger charge is 2.54. The fourth-order valence-electron chi connectivity index (χ4n) is 5.50. The Hall–Kier alpha value is -5.57. The molecular formula is C31H14O9. The molecule has 2 unspecified atom stereocenters. The summed E-state index contributed by atoms with van der Waals surface area (Å²) in [4.78, 5) is 121. The van der Waals surface area contributed by atoms with Crippen molar-refractivity contribution in [1.29, 1.82) is 0 Å². The minimum Gasteiger partial charge on any atom is -0.293 e. The van der Waals surface area contributed by atoms with Crippen LogP contribution in [0.3, 0.4) is 0 Å². The highest BCUT2D eigenvalue weighted by atomic mass is 16.2. The molecule has 192 valence electrons. The Morgan fingerprint density at radius 1 is 0.350 bits per heavy atom. The van der Waals surface area contributed by atoms with E-state index in [-0.39, 0.29) is 33.4 Å². The standard InChI is InChI=1S/C31H14O9/c32-23-13-7-1-4-10-16(13)26(35)29(38)20(23)19(21-24(33)14-8-2-5-11-17(14)27(36)30(21)39)22-25(34)15-9-3-6-12-18(15)28(37)31(22)40/h1-12,20-21H. The van der Waals surface area contributed by atoms with Crippen LogP contribution in [0.15, 0.2) is 83.9 Å². The van der Waals surface area contributed by atoms with Gasteiger partial charge in [0.05, 0.1) is 5.57 Å². The maximum Gasteiger partial charge on any atom is 0.237 e. The molecule has 0 amide bonds. The second kappa shape index (κ2) is 8.74. The first-order chi connectivity index (χ1) is 19.1. The van der Waals surface area contributed by atoms with Crippen molar-refractivity contribution >= 4 is 52.0 Å². The molecule has 3 aromatic rings. The molecular weight excluding hydrogens is 516 g/mol. The van der Waals surface area contributed by atoms with Gasteiger partial charge in [-0.1, -0.05) is 72.8 Å². The molecule has 3 aromatic carbocycles. The summed E-state index contributed by atoms with van der Waals surface area (Å²) in [5, 5.41) is 0. The number of carbonyl (C=O) groups is 9. The zero-order valence-electron chi connectivity index (χ0n) is 20.3. The van der Waals surface area contributed by atoms with Crippen LogP contribution in [-0.4, -0.2) is 52.0 Å². The molecule has 3 aliphatic rings. The Labute approximate surface area is 224 Å². The average Bonchev–Trinajstić information content (AvgIpc) is 2.97. The number of rotatable bonds is 2. The monoisotopic (exact) mass is 530 g/mol. The Bertz CT molecular complexity index is 1780. The molecule has 0 fully saturated rings. The fraction of sp³-hybridized carbons (Fsp3) is 0.0645. The van der Waals surface area contributed by atoms with Gasteiger partial charge in [-0.05, 0) is 5.57 Å². The minimum absolute atomic E-state index is 0.233. The van der Waals surface area contributed by atoms with Gasteiger partial charge >= 0.3 is 0 Å². The van der Waals surface area contributed by atoms with Gasteiger partial charge in [0, 0.05) is 33.4 Å². The van der Waals surface area contributed by atoms with E-state index < -0.39 is 75.0 Å². The molecule has 0 saturated carbocycles. The molecule has 2 atom stereocenters. The van der Waals surface area contributed by atoms with Gasteiger partial charge in [0.1, 0.15) is 11.8 Å². The van der Waals surface area contributed by atoms with Gasteiger partial charge < -0.3 is 0 Å². The van der Waals surface area contributed by atoms with Crippen LogP contribution in [-0.2, 0) is 14.4 Å². The molecule has 9 nitrogen and oxygen atoms in total. The number of fused-ring (bicyclic) bond motifs is 3. The van der Waals surface area contributed by atoms with Gasteiger partial charge in [0.25, 0.3) is 0 Å². The lowest BCUT2D eigenvalue weighted by Crippen LogP contribution is -2.47. The quantitative estimate of drug-likeness (QED) is 0.210. The molecule has 0 bridgehead atoms. The Kier molecular flexibility index (Phi) is 5.41. The number of hydrogen-bond donors (Lipinski definition) is 0. The second-order valence-electron chi connectivity index (χ2n) is 9.44. The van der Waals surface area contributed by atoms with Gasteiger partial charge in [-0.25, -0.2) is 0 Å². The Morgan fingerprint density at radius 2 is 0.675 bits per heavy atom. The number of benzene rings is 3. The summed E-state index contributed by atoms with van der Waals surface area (Å²) in [6.07, 6.45) is 0. The lowest BCUT2D eigenvalue weighted by Gasteiger charge is -2.31. The van der Waals surface area contributed by atoms with Gasteiger partial charge in [0.2, 0.25) is 34.7 Å². The maximum absolute atomic E-state index is 13.8. The number of allylic oxidation sites excluding steroid dienone is 2. The van der Waals surface area contributed by atoms with E-state index in [1.165, 1.54) is 72.8 Å². The van der Waals surface area contributed by atoms with Gasteiger partial charge in [0.15, 0.2) is 17.3 Å². The van der Waals surface area contributed by atoms with Crippen molar-refractivity contribution < 1.29 is 43.2 Å². The van der Waals surface area contributed by atoms with Crippen molar-refractivity contribution in [3.8, 4) is 0 Å². The third-order valence-corrected chi connectivity index (χ3v) is 7.36. The van der Waals surface area contributed by atoms with Crippen LogP contribution in [0, 0.1) is 11.8 Å². The van der Waals surface area contributed by atoms with Gasteiger partial charge in [-0.15, -0.1) is 0 Å². The molecule has 0 saturated heterocycles. The Morgan fingerprint density at radius 3 is 1.07 bits per heavy atom. The Balaban J connectivity index is 1.70. The molecule has 0 spiro atoms. The largest absolute Gasteiger partial charge is 0.293 e. The van der Waals surface area contributed by atoms with Gasteiger partial charge in [-0.3, -0.25) is 43.2 Å². The van der Waals surface area contributed by atoms with Crippen molar-refractivity contribution in [3.63, 3.8) is 0 Å². The SMILES string of the molecule is O=C1C(=O)c2ccccc2C(=O)C1=C(C1C(=O)C(=O)c2ccccc2C1=O)C1C(=O)C(=O)c2ccccc2C1=O. The van der Waals surface area contributed by atoms with E-state index in [1.807, 2.05) is 0 Å². The van der Waals surface area contributed by atoms with E-state index in [0.29, 0.717) is 0 Å². The van der Waals surface area contributed by atoms with E-state index in [2.05, 4.69) is 0 Å². The van der Waals surface area contributed by atoms with Gasteiger partial charge in [-0.2, -0.15) is 0 Å². The number of Topliss-reactive ketones (excluding diaryl/α,β-unsaturated/α-hetero) is 9. The summed E-state index contributed by atoms with van der Waals surface area (Å²) in [6.45, 7) is 0. The first-order valence-corrected chi connectivity index (χ1v) is 12.1. The number of hydrogen-bond acceptors (Lipinski definition) is 9. The van der Waals surface area contributed by atoms with Crippen LogP contribution in [0.4, 0.5) is 0 Å². The lowest BCUT2D eigenvalue weighted by atomic mass is 9.65. The zero-order chi connectivity index (χ0) is 28.5. The third-order valence-electron chi connectivity index (χ3n) is 7.36. The van der Waals surface area contributed by atoms with Crippen molar-refractivity contribution in [1.82, 2.24) is 0 Å². The molecule has 0 radical (unpaired) electrons. The molecule has 40 heavy (non-hydrogen) atoms.